The van der Waals surface area contributed by atoms with E-state index in [0.29, 0.717) is 21.2 Å². The highest BCUT2D eigenvalue weighted by Gasteiger charge is 2.34. The Balaban J connectivity index is 2.29. The normalized spacial score (nSPS) is 13.5. The predicted molar refractivity (Wildman–Crippen MR) is 85.1 cm³/mol. The fraction of sp³-hybridized carbons (Fsp3) is 0.125. The first kappa shape index (κ1) is 15.4. The summed E-state index contributed by atoms with van der Waals surface area (Å²) in [6, 6.07) is 7.93. The van der Waals surface area contributed by atoms with Gasteiger partial charge in [0.15, 0.2) is 5.78 Å². The number of ketones is 1. The second-order valence-corrected chi connectivity index (χ2v) is 5.64. The van der Waals surface area contributed by atoms with Gasteiger partial charge in [-0.05, 0) is 23.6 Å². The first-order valence-electron chi connectivity index (χ1n) is 6.68. The molecular weight excluding hydrogens is 366 g/mol. The third kappa shape index (κ3) is 2.43. The van der Waals surface area contributed by atoms with Crippen molar-refractivity contribution in [1.82, 2.24) is 4.90 Å². The van der Waals surface area contributed by atoms with Gasteiger partial charge in [0, 0.05) is 22.1 Å². The van der Waals surface area contributed by atoms with Crippen molar-refractivity contribution in [2.45, 2.75) is 0 Å². The maximum Gasteiger partial charge on any atom is 0.323 e. The van der Waals surface area contributed by atoms with Crippen LogP contribution in [0.3, 0.4) is 0 Å². The number of amides is 2. The van der Waals surface area contributed by atoms with E-state index in [1.165, 1.54) is 6.07 Å². The van der Waals surface area contributed by atoms with Crippen LogP contribution in [-0.4, -0.2) is 45.4 Å². The molecule has 1 aliphatic rings. The zero-order chi connectivity index (χ0) is 16.7. The minimum absolute atomic E-state index is 0.101. The minimum Gasteiger partial charge on any atom is -0.480 e. The molecular formula is C16H10BrNO5. The Morgan fingerprint density at radius 1 is 1.09 bits per heavy atom. The first-order valence-corrected chi connectivity index (χ1v) is 7.80. The molecule has 0 saturated carbocycles. The minimum atomic E-state index is -1.28. The van der Waals surface area contributed by atoms with Crippen LogP contribution in [0, 0.1) is 0 Å². The number of nitrogens with zero attached hydrogens (tertiary/aromatic N) is 1. The number of alkyl halides is 1. The van der Waals surface area contributed by atoms with Crippen molar-refractivity contribution in [1.29, 1.82) is 0 Å². The summed E-state index contributed by atoms with van der Waals surface area (Å²) in [5, 5.41) is 10.1. The molecule has 0 unspecified atom stereocenters. The lowest BCUT2D eigenvalue weighted by Crippen LogP contribution is -2.43. The third-order valence-corrected chi connectivity index (χ3v) is 4.17. The van der Waals surface area contributed by atoms with E-state index in [1.807, 2.05) is 0 Å². The van der Waals surface area contributed by atoms with Gasteiger partial charge in [0.1, 0.15) is 6.54 Å². The quantitative estimate of drug-likeness (QED) is 0.501. The summed E-state index contributed by atoms with van der Waals surface area (Å²) in [7, 11) is 0. The Morgan fingerprint density at radius 3 is 2.43 bits per heavy atom. The molecule has 2 amide bonds. The van der Waals surface area contributed by atoms with Crippen molar-refractivity contribution in [3.63, 3.8) is 0 Å². The largest absolute Gasteiger partial charge is 0.480 e. The molecule has 23 heavy (non-hydrogen) atoms. The number of Topliss-reactive ketones (excluding diaryl/α,β-unsaturated/α-hetero) is 1. The van der Waals surface area contributed by atoms with Gasteiger partial charge in [-0.25, -0.2) is 0 Å². The van der Waals surface area contributed by atoms with Gasteiger partial charge < -0.3 is 5.11 Å². The van der Waals surface area contributed by atoms with Crippen molar-refractivity contribution < 1.29 is 24.3 Å². The molecule has 0 spiro atoms. The van der Waals surface area contributed by atoms with Crippen molar-refractivity contribution in [2.75, 3.05) is 11.9 Å². The van der Waals surface area contributed by atoms with Crippen LogP contribution in [0.25, 0.3) is 10.8 Å². The third-order valence-electron chi connectivity index (χ3n) is 3.66. The zero-order valence-electron chi connectivity index (χ0n) is 11.7. The van der Waals surface area contributed by atoms with Gasteiger partial charge >= 0.3 is 5.97 Å². The molecule has 0 saturated heterocycles. The van der Waals surface area contributed by atoms with E-state index in [2.05, 4.69) is 15.9 Å². The standard InChI is InChI=1S/C16H10BrNO5/c17-6-12(19)9-4-8-2-1-3-10-14(8)11(5-9)16(23)18(15(10)22)7-13(20)21/h1-5H,6-7H2,(H,20,21). The van der Waals surface area contributed by atoms with E-state index < -0.39 is 24.3 Å². The number of rotatable bonds is 4. The van der Waals surface area contributed by atoms with Crippen LogP contribution >= 0.6 is 15.9 Å². The Morgan fingerprint density at radius 2 is 1.78 bits per heavy atom. The van der Waals surface area contributed by atoms with Crippen LogP contribution in [0.1, 0.15) is 31.1 Å². The van der Waals surface area contributed by atoms with Gasteiger partial charge in [-0.15, -0.1) is 0 Å². The van der Waals surface area contributed by atoms with E-state index in [1.54, 1.807) is 24.3 Å². The molecule has 0 radical (unpaired) electrons. The molecule has 2 aromatic carbocycles. The van der Waals surface area contributed by atoms with Crippen LogP contribution in [0.4, 0.5) is 0 Å². The molecule has 7 heteroatoms. The topological polar surface area (TPSA) is 91.8 Å². The number of carbonyl (C=O) groups is 4. The van der Waals surface area contributed by atoms with Gasteiger partial charge in [0.2, 0.25) is 0 Å². The van der Waals surface area contributed by atoms with Gasteiger partial charge in [-0.3, -0.25) is 24.1 Å². The molecule has 0 aromatic heterocycles. The second-order valence-electron chi connectivity index (χ2n) is 5.07. The summed E-state index contributed by atoms with van der Waals surface area (Å²) in [5.41, 5.74) is 0.763. The highest BCUT2D eigenvalue weighted by molar-refractivity contribution is 9.09. The van der Waals surface area contributed by atoms with Gasteiger partial charge in [0.25, 0.3) is 11.8 Å². The number of hydrogen-bond donors (Lipinski definition) is 1. The van der Waals surface area contributed by atoms with Crippen molar-refractivity contribution in [3.8, 4) is 0 Å². The molecule has 0 bridgehead atoms. The number of benzene rings is 2. The lowest BCUT2D eigenvalue weighted by molar-refractivity contribution is -0.137. The smallest absolute Gasteiger partial charge is 0.323 e. The average molecular weight is 376 g/mol. The molecule has 6 nitrogen and oxygen atoms in total. The number of carboxylic acids is 1. The van der Waals surface area contributed by atoms with Gasteiger partial charge in [-0.2, -0.15) is 0 Å². The van der Waals surface area contributed by atoms with Gasteiger partial charge in [0.05, 0.1) is 5.33 Å². The summed E-state index contributed by atoms with van der Waals surface area (Å²) < 4.78 is 0. The second kappa shape index (κ2) is 5.58. The summed E-state index contributed by atoms with van der Waals surface area (Å²) in [5.74, 6) is -2.83. The van der Waals surface area contributed by atoms with E-state index in [9.17, 15) is 19.2 Å². The molecule has 2 aromatic rings. The van der Waals surface area contributed by atoms with Crippen LogP contribution in [0.5, 0.6) is 0 Å². The molecule has 1 heterocycles. The maximum atomic E-state index is 12.5. The fourth-order valence-corrected chi connectivity index (χ4v) is 3.00. The number of halogens is 1. The predicted octanol–water partition coefficient (Wildman–Crippen LogP) is 2.10. The number of hydrogen-bond acceptors (Lipinski definition) is 4. The number of carboxylic acid groups (broad SMARTS) is 1. The van der Waals surface area contributed by atoms with Crippen molar-refractivity contribution in [3.05, 3.63) is 47.0 Å². The number of aliphatic carboxylic acids is 1. The molecule has 0 aliphatic carbocycles. The lowest BCUT2D eigenvalue weighted by atomic mass is 9.91. The van der Waals surface area contributed by atoms with E-state index >= 15 is 0 Å². The van der Waals surface area contributed by atoms with Gasteiger partial charge in [-0.1, -0.05) is 28.1 Å². The summed E-state index contributed by atoms with van der Waals surface area (Å²) in [4.78, 5) is 48.5. The van der Waals surface area contributed by atoms with Crippen LogP contribution in [-0.2, 0) is 4.79 Å². The van der Waals surface area contributed by atoms with E-state index in [-0.39, 0.29) is 22.2 Å². The summed E-state index contributed by atoms with van der Waals surface area (Å²) >= 11 is 3.08. The van der Waals surface area contributed by atoms with Crippen LogP contribution in [0.2, 0.25) is 0 Å². The lowest BCUT2D eigenvalue weighted by Gasteiger charge is -2.26. The fourth-order valence-electron chi connectivity index (χ4n) is 2.67. The van der Waals surface area contributed by atoms with E-state index in [4.69, 9.17) is 5.11 Å². The Labute approximate surface area is 138 Å². The maximum absolute atomic E-state index is 12.5. The van der Waals surface area contributed by atoms with Crippen molar-refractivity contribution in [2.24, 2.45) is 0 Å². The molecule has 0 fully saturated rings. The highest BCUT2D eigenvalue weighted by Crippen LogP contribution is 2.31. The van der Waals surface area contributed by atoms with Crippen LogP contribution < -0.4 is 0 Å². The monoisotopic (exact) mass is 375 g/mol. The summed E-state index contributed by atoms with van der Waals surface area (Å²) in [6.45, 7) is -0.718. The molecule has 116 valence electrons. The molecule has 3 rings (SSSR count). The molecule has 1 aliphatic heterocycles. The average Bonchev–Trinajstić information content (AvgIpc) is 2.54. The van der Waals surface area contributed by atoms with E-state index in [0.717, 1.165) is 0 Å². The Bertz CT molecular complexity index is 889. The van der Waals surface area contributed by atoms with Crippen LogP contribution in [0.15, 0.2) is 30.3 Å². The highest BCUT2D eigenvalue weighted by atomic mass is 79.9. The zero-order valence-corrected chi connectivity index (χ0v) is 13.3. The Kier molecular flexibility index (Phi) is 3.73. The molecule has 0 atom stereocenters. The summed E-state index contributed by atoms with van der Waals surface area (Å²) in [6.07, 6.45) is 0. The van der Waals surface area contributed by atoms with Crippen molar-refractivity contribution >= 4 is 50.3 Å². The number of imide groups is 1. The SMILES string of the molecule is O=C(O)CN1C(=O)c2cccc3cc(C(=O)CBr)cc(c23)C1=O. The Hall–Kier alpha value is -2.54. The first-order chi connectivity index (χ1) is 10.9. The molecule has 1 N–H and O–H groups in total. The number of carbonyl (C=O) groups excluding carboxylic acids is 3.